The number of hydrogen-bond acceptors (Lipinski definition) is 2. The lowest BCUT2D eigenvalue weighted by molar-refractivity contribution is 0.0834. The lowest BCUT2D eigenvalue weighted by atomic mass is 9.68. The van der Waals surface area contributed by atoms with E-state index in [1.54, 1.807) is 0 Å². The van der Waals surface area contributed by atoms with Gasteiger partial charge in [-0.15, -0.1) is 0 Å². The van der Waals surface area contributed by atoms with Gasteiger partial charge < -0.3 is 10.6 Å². The Hall–Kier alpha value is -0.860. The molecule has 0 aliphatic heterocycles. The van der Waals surface area contributed by atoms with Crippen molar-refractivity contribution in [2.24, 2.45) is 11.1 Å². The van der Waals surface area contributed by atoms with Gasteiger partial charge in [-0.1, -0.05) is 36.8 Å². The predicted molar refractivity (Wildman–Crippen MR) is 75.6 cm³/mol. The molecule has 2 saturated carbocycles. The standard InChI is InChI=1S/C16H24N2/c1-18(12-16(11-17)8-5-9-16)15-10-14(15)13-6-3-2-4-7-13/h2-4,6-7,14-15H,5,8-12,17H2,1H3/t14?,15-/m0/s1. The Morgan fingerprint density at radius 1 is 1.28 bits per heavy atom. The van der Waals surface area contributed by atoms with Crippen molar-refractivity contribution in [3.8, 4) is 0 Å². The molecule has 0 amide bonds. The van der Waals surface area contributed by atoms with Crippen LogP contribution in [0.3, 0.4) is 0 Å². The number of nitrogens with zero attached hydrogens (tertiary/aromatic N) is 1. The predicted octanol–water partition coefficient (Wildman–Crippen LogP) is 2.60. The quantitative estimate of drug-likeness (QED) is 0.862. The summed E-state index contributed by atoms with van der Waals surface area (Å²) in [6, 6.07) is 11.7. The molecule has 2 atom stereocenters. The number of hydrogen-bond donors (Lipinski definition) is 1. The first-order chi connectivity index (χ1) is 8.74. The molecule has 2 aliphatic carbocycles. The van der Waals surface area contributed by atoms with Gasteiger partial charge in [-0.3, -0.25) is 0 Å². The highest BCUT2D eigenvalue weighted by Gasteiger charge is 2.45. The van der Waals surface area contributed by atoms with Crippen molar-refractivity contribution in [3.63, 3.8) is 0 Å². The van der Waals surface area contributed by atoms with Crippen LogP contribution in [0.25, 0.3) is 0 Å². The van der Waals surface area contributed by atoms with E-state index in [0.29, 0.717) is 5.41 Å². The van der Waals surface area contributed by atoms with Gasteiger partial charge in [0.05, 0.1) is 0 Å². The van der Waals surface area contributed by atoms with Crippen LogP contribution < -0.4 is 5.73 Å². The Bertz CT molecular complexity index is 391. The van der Waals surface area contributed by atoms with E-state index >= 15 is 0 Å². The van der Waals surface area contributed by atoms with Gasteiger partial charge >= 0.3 is 0 Å². The molecule has 2 aliphatic rings. The van der Waals surface area contributed by atoms with Crippen LogP contribution in [0.5, 0.6) is 0 Å². The molecule has 2 nitrogen and oxygen atoms in total. The van der Waals surface area contributed by atoms with Gasteiger partial charge in [-0.2, -0.15) is 0 Å². The third-order valence-corrected chi connectivity index (χ3v) is 4.98. The molecule has 0 spiro atoms. The van der Waals surface area contributed by atoms with Gasteiger partial charge in [0.2, 0.25) is 0 Å². The fraction of sp³-hybridized carbons (Fsp3) is 0.625. The Kier molecular flexibility index (Phi) is 3.16. The van der Waals surface area contributed by atoms with Gasteiger partial charge in [-0.25, -0.2) is 0 Å². The number of benzene rings is 1. The molecule has 98 valence electrons. The van der Waals surface area contributed by atoms with Crippen molar-refractivity contribution < 1.29 is 0 Å². The normalized spacial score (nSPS) is 29.1. The first kappa shape index (κ1) is 12.2. The number of likely N-dealkylation sites (N-methyl/N-ethyl adjacent to an activating group) is 1. The van der Waals surface area contributed by atoms with Crippen molar-refractivity contribution in [1.29, 1.82) is 0 Å². The van der Waals surface area contributed by atoms with E-state index in [4.69, 9.17) is 5.73 Å². The summed E-state index contributed by atoms with van der Waals surface area (Å²) in [6.07, 6.45) is 5.35. The summed E-state index contributed by atoms with van der Waals surface area (Å²) in [4.78, 5) is 2.56. The van der Waals surface area contributed by atoms with Crippen molar-refractivity contribution in [2.75, 3.05) is 20.1 Å². The van der Waals surface area contributed by atoms with Crippen LogP contribution >= 0.6 is 0 Å². The molecular formula is C16H24N2. The van der Waals surface area contributed by atoms with Crippen LogP contribution in [-0.2, 0) is 0 Å². The van der Waals surface area contributed by atoms with E-state index in [9.17, 15) is 0 Å². The molecule has 18 heavy (non-hydrogen) atoms. The second-order valence-electron chi connectivity index (χ2n) is 6.29. The summed E-state index contributed by atoms with van der Waals surface area (Å²) in [5.74, 6) is 0.756. The van der Waals surface area contributed by atoms with E-state index in [-0.39, 0.29) is 0 Å². The fourth-order valence-electron chi connectivity index (χ4n) is 3.48. The fourth-order valence-corrected chi connectivity index (χ4v) is 3.48. The second-order valence-corrected chi connectivity index (χ2v) is 6.29. The molecule has 0 radical (unpaired) electrons. The van der Waals surface area contributed by atoms with Crippen LogP contribution in [0, 0.1) is 5.41 Å². The molecule has 2 heteroatoms. The van der Waals surface area contributed by atoms with Crippen molar-refractivity contribution in [3.05, 3.63) is 35.9 Å². The third-order valence-electron chi connectivity index (χ3n) is 4.98. The SMILES string of the molecule is CN(CC1(CN)CCC1)[C@H]1CC1c1ccccc1. The highest BCUT2D eigenvalue weighted by molar-refractivity contribution is 5.27. The van der Waals surface area contributed by atoms with Crippen molar-refractivity contribution in [2.45, 2.75) is 37.6 Å². The Balaban J connectivity index is 1.58. The molecular weight excluding hydrogens is 220 g/mol. The Labute approximate surface area is 110 Å². The molecule has 3 rings (SSSR count). The lowest BCUT2D eigenvalue weighted by Crippen LogP contribution is -2.46. The maximum atomic E-state index is 5.96. The summed E-state index contributed by atoms with van der Waals surface area (Å²) in [6.45, 7) is 2.05. The van der Waals surface area contributed by atoms with Crippen molar-refractivity contribution >= 4 is 0 Å². The van der Waals surface area contributed by atoms with Crippen LogP contribution in [0.15, 0.2) is 30.3 Å². The minimum atomic E-state index is 0.443. The molecule has 2 fully saturated rings. The molecule has 0 saturated heterocycles. The second kappa shape index (κ2) is 4.67. The molecule has 1 aromatic carbocycles. The van der Waals surface area contributed by atoms with Crippen molar-refractivity contribution in [1.82, 2.24) is 4.90 Å². The van der Waals surface area contributed by atoms with Gasteiger partial charge in [0.25, 0.3) is 0 Å². The first-order valence-corrected chi connectivity index (χ1v) is 7.19. The van der Waals surface area contributed by atoms with Crippen LogP contribution in [0.2, 0.25) is 0 Å². The zero-order chi connectivity index (χ0) is 12.6. The Morgan fingerprint density at radius 3 is 2.56 bits per heavy atom. The van der Waals surface area contributed by atoms with E-state index in [1.807, 2.05) is 0 Å². The lowest BCUT2D eigenvalue weighted by Gasteiger charge is -2.43. The third kappa shape index (κ3) is 2.19. The van der Waals surface area contributed by atoms with Crippen LogP contribution in [0.4, 0.5) is 0 Å². The minimum absolute atomic E-state index is 0.443. The molecule has 0 heterocycles. The molecule has 2 N–H and O–H groups in total. The average molecular weight is 244 g/mol. The summed E-state index contributed by atoms with van der Waals surface area (Å²) >= 11 is 0. The van der Waals surface area contributed by atoms with Gasteiger partial charge in [0, 0.05) is 18.5 Å². The molecule has 1 unspecified atom stereocenters. The highest BCUT2D eigenvalue weighted by Crippen LogP contribution is 2.47. The molecule has 0 bridgehead atoms. The topological polar surface area (TPSA) is 29.3 Å². The van der Waals surface area contributed by atoms with Gasteiger partial charge in [0.15, 0.2) is 0 Å². The zero-order valence-electron chi connectivity index (χ0n) is 11.3. The number of rotatable bonds is 5. The monoisotopic (exact) mass is 244 g/mol. The summed E-state index contributed by atoms with van der Waals surface area (Å²) < 4.78 is 0. The minimum Gasteiger partial charge on any atom is -0.330 e. The van der Waals surface area contributed by atoms with E-state index < -0.39 is 0 Å². The molecule has 0 aromatic heterocycles. The summed E-state index contributed by atoms with van der Waals surface area (Å²) in [5, 5.41) is 0. The zero-order valence-corrected chi connectivity index (χ0v) is 11.3. The number of nitrogens with two attached hydrogens (primary N) is 1. The van der Waals surface area contributed by atoms with Gasteiger partial charge in [0.1, 0.15) is 0 Å². The average Bonchev–Trinajstić information content (AvgIpc) is 3.15. The Morgan fingerprint density at radius 2 is 2.00 bits per heavy atom. The maximum Gasteiger partial charge on any atom is 0.0168 e. The summed E-state index contributed by atoms with van der Waals surface area (Å²) in [5.41, 5.74) is 7.90. The molecule has 1 aromatic rings. The van der Waals surface area contributed by atoms with E-state index in [0.717, 1.165) is 18.5 Å². The highest BCUT2D eigenvalue weighted by atomic mass is 15.2. The van der Waals surface area contributed by atoms with E-state index in [1.165, 1.54) is 37.8 Å². The van der Waals surface area contributed by atoms with E-state index in [2.05, 4.69) is 42.3 Å². The maximum absolute atomic E-state index is 5.96. The van der Waals surface area contributed by atoms with Crippen LogP contribution in [-0.4, -0.2) is 31.1 Å². The smallest absolute Gasteiger partial charge is 0.0168 e. The van der Waals surface area contributed by atoms with Crippen LogP contribution in [0.1, 0.15) is 37.2 Å². The summed E-state index contributed by atoms with van der Waals surface area (Å²) in [7, 11) is 2.28. The first-order valence-electron chi connectivity index (χ1n) is 7.19. The largest absolute Gasteiger partial charge is 0.330 e. The van der Waals surface area contributed by atoms with Gasteiger partial charge in [-0.05, 0) is 43.8 Å².